The molecule has 9 heteroatoms. The molecule has 0 saturated carbocycles. The highest BCUT2D eigenvalue weighted by Gasteiger charge is 2.22. The predicted molar refractivity (Wildman–Crippen MR) is 134 cm³/mol. The lowest BCUT2D eigenvalue weighted by Gasteiger charge is -2.16. The van der Waals surface area contributed by atoms with Crippen LogP contribution >= 0.6 is 0 Å². The van der Waals surface area contributed by atoms with Gasteiger partial charge in [0.25, 0.3) is 0 Å². The summed E-state index contributed by atoms with van der Waals surface area (Å²) in [5.41, 5.74) is 1.81. The molecule has 1 N–H and O–H groups in total. The van der Waals surface area contributed by atoms with E-state index < -0.39 is 9.84 Å². The number of sulfone groups is 1. The van der Waals surface area contributed by atoms with E-state index in [2.05, 4.69) is 0 Å². The summed E-state index contributed by atoms with van der Waals surface area (Å²) in [6.07, 6.45) is 3.59. The quantitative estimate of drug-likeness (QED) is 0.404. The smallest absolute Gasteiger partial charge is 0.203 e. The zero-order valence-corrected chi connectivity index (χ0v) is 21.0. The Bertz CT molecular complexity index is 1290. The van der Waals surface area contributed by atoms with Crippen LogP contribution in [0.2, 0.25) is 0 Å². The fourth-order valence-corrected chi connectivity index (χ4v) is 5.02. The molecule has 0 amide bonds. The number of methoxy groups -OCH3 is 5. The molecule has 35 heavy (non-hydrogen) atoms. The van der Waals surface area contributed by atoms with Gasteiger partial charge in [0.05, 0.1) is 46.2 Å². The summed E-state index contributed by atoms with van der Waals surface area (Å²) in [6.45, 7) is 0. The molecule has 0 spiro atoms. The minimum Gasteiger partial charge on any atom is -0.508 e. The van der Waals surface area contributed by atoms with Gasteiger partial charge in [-0.05, 0) is 53.6 Å². The van der Waals surface area contributed by atoms with Crippen LogP contribution in [-0.4, -0.2) is 49.1 Å². The molecule has 186 valence electrons. The van der Waals surface area contributed by atoms with Crippen molar-refractivity contribution < 1.29 is 37.2 Å². The average molecular weight is 501 g/mol. The van der Waals surface area contributed by atoms with E-state index in [0.717, 1.165) is 5.56 Å². The first kappa shape index (κ1) is 25.8. The van der Waals surface area contributed by atoms with Crippen LogP contribution in [0.4, 0.5) is 0 Å². The zero-order chi connectivity index (χ0) is 25.6. The second-order valence-corrected chi connectivity index (χ2v) is 9.40. The van der Waals surface area contributed by atoms with E-state index in [1.165, 1.54) is 59.8 Å². The van der Waals surface area contributed by atoms with Gasteiger partial charge in [0.15, 0.2) is 32.8 Å². The molecule has 0 atom stereocenters. The number of rotatable bonds is 10. The van der Waals surface area contributed by atoms with E-state index in [4.69, 9.17) is 23.7 Å². The fourth-order valence-electron chi connectivity index (χ4n) is 3.62. The lowest BCUT2D eigenvalue weighted by molar-refractivity contribution is 0.324. The minimum atomic E-state index is -3.76. The predicted octanol–water partition coefficient (Wildman–Crippen LogP) is 4.58. The van der Waals surface area contributed by atoms with Crippen LogP contribution in [0.5, 0.6) is 34.5 Å². The van der Waals surface area contributed by atoms with Gasteiger partial charge in [0, 0.05) is 5.56 Å². The lowest BCUT2D eigenvalue weighted by atomic mass is 10.0. The summed E-state index contributed by atoms with van der Waals surface area (Å²) in [7, 11) is 3.78. The normalized spacial score (nSPS) is 11.3. The van der Waals surface area contributed by atoms with E-state index in [0.29, 0.717) is 39.9 Å². The third kappa shape index (κ3) is 5.63. The Hall–Kier alpha value is -3.85. The van der Waals surface area contributed by atoms with Crippen molar-refractivity contribution in [3.8, 4) is 34.5 Å². The molecule has 8 nitrogen and oxygen atoms in total. The maximum atomic E-state index is 13.2. The van der Waals surface area contributed by atoms with Crippen molar-refractivity contribution in [1.82, 2.24) is 0 Å². The van der Waals surface area contributed by atoms with E-state index in [9.17, 15) is 13.5 Å². The van der Waals surface area contributed by atoms with Crippen LogP contribution in [0.3, 0.4) is 0 Å². The third-order valence-electron chi connectivity index (χ3n) is 5.36. The van der Waals surface area contributed by atoms with Gasteiger partial charge in [-0.3, -0.25) is 0 Å². The Morgan fingerprint density at radius 2 is 1.29 bits per heavy atom. The molecular formula is C26H28O8S. The summed E-state index contributed by atoms with van der Waals surface area (Å²) < 4.78 is 53.5. The standard InChI is InChI=1S/C26H28O8S/c1-30-22-13-8-18(7-6-17-14-23(31-2)26(34-5)24(15-17)32-3)21(25(22)33-4)16-35(28,29)20-11-9-19(27)10-12-20/h6-15,27H,16H2,1-5H3/b7-6-. The molecule has 0 aliphatic heterocycles. The van der Waals surface area contributed by atoms with Crippen molar-refractivity contribution in [1.29, 1.82) is 0 Å². The van der Waals surface area contributed by atoms with Gasteiger partial charge >= 0.3 is 0 Å². The van der Waals surface area contributed by atoms with Gasteiger partial charge in [-0.25, -0.2) is 8.42 Å². The van der Waals surface area contributed by atoms with Gasteiger partial charge in [-0.2, -0.15) is 0 Å². The molecule has 0 aliphatic carbocycles. The van der Waals surface area contributed by atoms with Crippen molar-refractivity contribution >= 4 is 22.0 Å². The monoisotopic (exact) mass is 500 g/mol. The highest BCUT2D eigenvalue weighted by molar-refractivity contribution is 7.90. The Kier molecular flexibility index (Phi) is 8.14. The molecule has 0 aromatic heterocycles. The first-order valence-electron chi connectivity index (χ1n) is 10.5. The highest BCUT2D eigenvalue weighted by Crippen LogP contribution is 2.40. The van der Waals surface area contributed by atoms with Gasteiger partial charge in [-0.1, -0.05) is 18.2 Å². The van der Waals surface area contributed by atoms with Crippen LogP contribution in [-0.2, 0) is 15.6 Å². The molecule has 0 aliphatic rings. The fraction of sp³-hybridized carbons (Fsp3) is 0.231. The van der Waals surface area contributed by atoms with Gasteiger partial charge < -0.3 is 28.8 Å². The Labute approximate surface area is 205 Å². The molecular weight excluding hydrogens is 472 g/mol. The largest absolute Gasteiger partial charge is 0.508 e. The van der Waals surface area contributed by atoms with Crippen LogP contribution < -0.4 is 23.7 Å². The van der Waals surface area contributed by atoms with Gasteiger partial charge in [-0.15, -0.1) is 0 Å². The number of hydrogen-bond acceptors (Lipinski definition) is 8. The van der Waals surface area contributed by atoms with E-state index in [1.807, 2.05) is 6.08 Å². The molecule has 0 heterocycles. The number of ether oxygens (including phenoxy) is 5. The van der Waals surface area contributed by atoms with Crippen molar-refractivity contribution in [3.63, 3.8) is 0 Å². The molecule has 3 aromatic carbocycles. The molecule has 0 fully saturated rings. The van der Waals surface area contributed by atoms with Crippen LogP contribution in [0.25, 0.3) is 12.2 Å². The number of phenolic OH excluding ortho intramolecular Hbond substituents is 1. The van der Waals surface area contributed by atoms with Crippen LogP contribution in [0, 0.1) is 0 Å². The highest BCUT2D eigenvalue weighted by atomic mass is 32.2. The first-order valence-corrected chi connectivity index (χ1v) is 12.2. The van der Waals surface area contributed by atoms with E-state index >= 15 is 0 Å². The Morgan fingerprint density at radius 1 is 0.714 bits per heavy atom. The van der Waals surface area contributed by atoms with E-state index in [1.54, 1.807) is 30.3 Å². The third-order valence-corrected chi connectivity index (χ3v) is 7.02. The Balaban J connectivity index is 2.10. The van der Waals surface area contributed by atoms with E-state index in [-0.39, 0.29) is 16.4 Å². The maximum Gasteiger partial charge on any atom is 0.203 e. The maximum absolute atomic E-state index is 13.2. The Morgan fingerprint density at radius 3 is 1.80 bits per heavy atom. The number of benzene rings is 3. The van der Waals surface area contributed by atoms with Crippen molar-refractivity contribution in [2.45, 2.75) is 10.6 Å². The SMILES string of the molecule is COc1cc(/C=C\c2ccc(OC)c(OC)c2CS(=O)(=O)c2ccc(O)cc2)cc(OC)c1OC. The van der Waals surface area contributed by atoms with Crippen LogP contribution in [0.1, 0.15) is 16.7 Å². The number of hydrogen-bond donors (Lipinski definition) is 1. The van der Waals surface area contributed by atoms with Crippen molar-refractivity contribution in [2.75, 3.05) is 35.5 Å². The van der Waals surface area contributed by atoms with Crippen molar-refractivity contribution in [2.24, 2.45) is 0 Å². The topological polar surface area (TPSA) is 101 Å². The van der Waals surface area contributed by atoms with Crippen molar-refractivity contribution in [3.05, 3.63) is 65.2 Å². The second kappa shape index (κ2) is 11.1. The molecule has 0 unspecified atom stereocenters. The van der Waals surface area contributed by atoms with Gasteiger partial charge in [0.2, 0.25) is 5.75 Å². The average Bonchev–Trinajstić information content (AvgIpc) is 2.86. The molecule has 3 rings (SSSR count). The summed E-state index contributed by atoms with van der Waals surface area (Å²) in [5.74, 6) is 1.83. The summed E-state index contributed by atoms with van der Waals surface area (Å²) >= 11 is 0. The summed E-state index contributed by atoms with van der Waals surface area (Å²) in [6, 6.07) is 12.4. The molecule has 0 radical (unpaired) electrons. The zero-order valence-electron chi connectivity index (χ0n) is 20.2. The molecule has 0 bridgehead atoms. The molecule has 3 aromatic rings. The van der Waals surface area contributed by atoms with Crippen LogP contribution in [0.15, 0.2) is 53.4 Å². The lowest BCUT2D eigenvalue weighted by Crippen LogP contribution is -2.08. The second-order valence-electron chi connectivity index (χ2n) is 7.41. The number of aromatic hydroxyl groups is 1. The summed E-state index contributed by atoms with van der Waals surface area (Å²) in [5, 5.41) is 9.53. The minimum absolute atomic E-state index is 0.0168. The first-order chi connectivity index (χ1) is 16.8. The molecule has 0 saturated heterocycles. The summed E-state index contributed by atoms with van der Waals surface area (Å²) in [4.78, 5) is 0.0831. The number of phenols is 1. The van der Waals surface area contributed by atoms with Gasteiger partial charge in [0.1, 0.15) is 5.75 Å².